The minimum absolute atomic E-state index is 0.0901. The molecular weight excluding hydrogens is 306 g/mol. The molecule has 0 amide bonds. The molecule has 2 aromatic rings. The molecule has 0 bridgehead atoms. The third kappa shape index (κ3) is 4.15. The number of nitrogens with one attached hydrogen (secondary N) is 1. The maximum Gasteiger partial charge on any atom is 0.233 e. The van der Waals surface area contributed by atoms with Gasteiger partial charge in [-0.3, -0.25) is 0 Å². The average Bonchev–Trinajstić information content (AvgIpc) is 3.17. The number of hydrogen-bond donors (Lipinski definition) is 1. The van der Waals surface area contributed by atoms with E-state index in [1.54, 1.807) is 0 Å². The van der Waals surface area contributed by atoms with Gasteiger partial charge in [-0.25, -0.2) is 0 Å². The molecule has 3 rings (SSSR count). The summed E-state index contributed by atoms with van der Waals surface area (Å²) < 4.78 is 5.81. The van der Waals surface area contributed by atoms with Crippen LogP contribution in [0.4, 0.5) is 0 Å². The molecule has 0 aliphatic heterocycles. The largest absolute Gasteiger partial charge is 0.424 e. The molecular formula is C18H25N3OS. The second-order valence-electron chi connectivity index (χ2n) is 6.57. The fraction of sp³-hybridized carbons (Fsp3) is 0.556. The van der Waals surface area contributed by atoms with Crippen molar-refractivity contribution in [2.45, 2.75) is 62.1 Å². The van der Waals surface area contributed by atoms with Crippen molar-refractivity contribution in [1.29, 1.82) is 0 Å². The summed E-state index contributed by atoms with van der Waals surface area (Å²) in [6.07, 6.45) is 5.14. The summed E-state index contributed by atoms with van der Waals surface area (Å²) in [5, 5.41) is 11.6. The number of nitrogens with zero attached hydrogens (tertiary/aromatic N) is 2. The van der Waals surface area contributed by atoms with Gasteiger partial charge in [0.2, 0.25) is 11.8 Å². The molecule has 1 heterocycles. The van der Waals surface area contributed by atoms with Crippen molar-refractivity contribution in [3.63, 3.8) is 0 Å². The lowest BCUT2D eigenvalue weighted by Gasteiger charge is -2.30. The van der Waals surface area contributed by atoms with E-state index in [1.807, 2.05) is 18.7 Å². The first kappa shape index (κ1) is 16.5. The standard InChI is InChI=1S/C18H25N3OS/c1-13-6-8-16(9-7-13)23-18(10-4-5-11-18)12-19-14(2)17-21-20-15(3)22-17/h6-9,14,19H,4-5,10-12H2,1-3H3/t14-/m1/s1. The van der Waals surface area contributed by atoms with Crippen LogP contribution >= 0.6 is 11.8 Å². The Morgan fingerprint density at radius 2 is 1.87 bits per heavy atom. The van der Waals surface area contributed by atoms with Gasteiger partial charge in [0.15, 0.2) is 0 Å². The molecule has 124 valence electrons. The van der Waals surface area contributed by atoms with E-state index in [2.05, 4.69) is 53.6 Å². The van der Waals surface area contributed by atoms with E-state index in [9.17, 15) is 0 Å². The van der Waals surface area contributed by atoms with Gasteiger partial charge in [0.25, 0.3) is 0 Å². The molecule has 1 aliphatic carbocycles. The summed E-state index contributed by atoms with van der Waals surface area (Å²) in [6, 6.07) is 8.97. The van der Waals surface area contributed by atoms with E-state index in [0.29, 0.717) is 11.8 Å². The van der Waals surface area contributed by atoms with Crippen LogP contribution in [-0.4, -0.2) is 21.5 Å². The predicted molar refractivity (Wildman–Crippen MR) is 93.7 cm³/mol. The van der Waals surface area contributed by atoms with Crippen LogP contribution in [0.3, 0.4) is 0 Å². The van der Waals surface area contributed by atoms with Gasteiger partial charge < -0.3 is 9.73 Å². The minimum Gasteiger partial charge on any atom is -0.424 e. The Morgan fingerprint density at radius 3 is 2.48 bits per heavy atom. The minimum atomic E-state index is 0.0901. The van der Waals surface area contributed by atoms with Gasteiger partial charge in [-0.1, -0.05) is 30.5 Å². The molecule has 0 radical (unpaired) electrons. The van der Waals surface area contributed by atoms with Gasteiger partial charge in [0.05, 0.1) is 6.04 Å². The van der Waals surface area contributed by atoms with Crippen molar-refractivity contribution >= 4 is 11.8 Å². The summed E-state index contributed by atoms with van der Waals surface area (Å²) in [5.74, 6) is 1.30. The van der Waals surface area contributed by atoms with Gasteiger partial charge >= 0.3 is 0 Å². The van der Waals surface area contributed by atoms with Gasteiger partial charge in [-0.15, -0.1) is 22.0 Å². The lowest BCUT2D eigenvalue weighted by molar-refractivity contribution is 0.387. The number of aromatic nitrogens is 2. The molecule has 1 aromatic carbocycles. The zero-order chi connectivity index (χ0) is 16.3. The number of rotatable bonds is 6. The Hall–Kier alpha value is -1.33. The zero-order valence-electron chi connectivity index (χ0n) is 14.1. The molecule has 1 atom stereocenters. The molecule has 0 saturated heterocycles. The van der Waals surface area contributed by atoms with Crippen molar-refractivity contribution in [2.75, 3.05) is 6.54 Å². The van der Waals surface area contributed by atoms with Gasteiger partial charge in [0, 0.05) is 23.1 Å². The molecule has 23 heavy (non-hydrogen) atoms. The fourth-order valence-electron chi connectivity index (χ4n) is 3.10. The Morgan fingerprint density at radius 1 is 1.17 bits per heavy atom. The van der Waals surface area contributed by atoms with Crippen LogP contribution in [0.15, 0.2) is 33.6 Å². The van der Waals surface area contributed by atoms with Crippen molar-refractivity contribution in [2.24, 2.45) is 0 Å². The Labute approximate surface area is 142 Å². The van der Waals surface area contributed by atoms with E-state index in [-0.39, 0.29) is 10.8 Å². The predicted octanol–water partition coefficient (Wildman–Crippen LogP) is 4.44. The Bertz CT molecular complexity index is 632. The van der Waals surface area contributed by atoms with Crippen molar-refractivity contribution in [1.82, 2.24) is 15.5 Å². The highest BCUT2D eigenvalue weighted by Crippen LogP contribution is 2.45. The molecule has 0 spiro atoms. The third-order valence-corrected chi connectivity index (χ3v) is 6.01. The van der Waals surface area contributed by atoms with E-state index in [0.717, 1.165) is 6.54 Å². The van der Waals surface area contributed by atoms with Crippen LogP contribution in [0.5, 0.6) is 0 Å². The van der Waals surface area contributed by atoms with Crippen LogP contribution in [-0.2, 0) is 0 Å². The first-order valence-corrected chi connectivity index (χ1v) is 9.17. The number of aryl methyl sites for hydroxylation is 2. The topological polar surface area (TPSA) is 51.0 Å². The summed E-state index contributed by atoms with van der Waals surface area (Å²) in [6.45, 7) is 7.02. The lowest BCUT2D eigenvalue weighted by Crippen LogP contribution is -2.36. The first-order chi connectivity index (χ1) is 11.1. The highest BCUT2D eigenvalue weighted by molar-refractivity contribution is 8.00. The highest BCUT2D eigenvalue weighted by atomic mass is 32.2. The summed E-state index contributed by atoms with van der Waals surface area (Å²) in [5.41, 5.74) is 1.31. The summed E-state index contributed by atoms with van der Waals surface area (Å²) in [7, 11) is 0. The van der Waals surface area contributed by atoms with Crippen LogP contribution in [0.1, 0.15) is 56.0 Å². The summed E-state index contributed by atoms with van der Waals surface area (Å²) in [4.78, 5) is 1.36. The third-order valence-electron chi connectivity index (χ3n) is 4.51. The molecule has 0 unspecified atom stereocenters. The van der Waals surface area contributed by atoms with E-state index >= 15 is 0 Å². The average molecular weight is 331 g/mol. The first-order valence-electron chi connectivity index (χ1n) is 8.35. The van der Waals surface area contributed by atoms with Crippen molar-refractivity contribution in [3.8, 4) is 0 Å². The lowest BCUT2D eigenvalue weighted by atomic mass is 10.1. The SMILES string of the molecule is Cc1ccc(SC2(CN[C@H](C)c3nnc(C)o3)CCCC2)cc1. The van der Waals surface area contributed by atoms with Crippen LogP contribution < -0.4 is 5.32 Å². The van der Waals surface area contributed by atoms with Crippen LogP contribution in [0.25, 0.3) is 0 Å². The number of thioether (sulfide) groups is 1. The molecule has 1 aromatic heterocycles. The normalized spacial score (nSPS) is 18.2. The molecule has 1 fully saturated rings. The fourth-order valence-corrected chi connectivity index (χ4v) is 4.52. The maximum atomic E-state index is 5.53. The quantitative estimate of drug-likeness (QED) is 0.848. The Balaban J connectivity index is 1.65. The highest BCUT2D eigenvalue weighted by Gasteiger charge is 2.35. The monoisotopic (exact) mass is 331 g/mol. The maximum absolute atomic E-state index is 5.53. The second kappa shape index (κ2) is 7.05. The smallest absolute Gasteiger partial charge is 0.233 e. The van der Waals surface area contributed by atoms with Crippen LogP contribution in [0.2, 0.25) is 0 Å². The summed E-state index contributed by atoms with van der Waals surface area (Å²) >= 11 is 2.02. The molecule has 1 saturated carbocycles. The second-order valence-corrected chi connectivity index (χ2v) is 8.11. The van der Waals surface area contributed by atoms with Gasteiger partial charge in [-0.05, 0) is 38.8 Å². The number of benzene rings is 1. The molecule has 5 heteroatoms. The van der Waals surface area contributed by atoms with Crippen LogP contribution in [0, 0.1) is 13.8 Å². The molecule has 4 nitrogen and oxygen atoms in total. The molecule has 1 aliphatic rings. The van der Waals surface area contributed by atoms with E-state index < -0.39 is 0 Å². The van der Waals surface area contributed by atoms with Gasteiger partial charge in [0.1, 0.15) is 0 Å². The van der Waals surface area contributed by atoms with Gasteiger partial charge in [-0.2, -0.15) is 0 Å². The van der Waals surface area contributed by atoms with Crippen molar-refractivity contribution in [3.05, 3.63) is 41.6 Å². The Kier molecular flexibility index (Phi) is 5.07. The van der Waals surface area contributed by atoms with E-state index in [1.165, 1.54) is 36.1 Å². The van der Waals surface area contributed by atoms with E-state index in [4.69, 9.17) is 4.42 Å². The van der Waals surface area contributed by atoms with Crippen molar-refractivity contribution < 1.29 is 4.42 Å². The molecule has 1 N–H and O–H groups in total. The number of hydrogen-bond acceptors (Lipinski definition) is 5. The zero-order valence-corrected chi connectivity index (χ0v) is 14.9.